The first-order chi connectivity index (χ1) is 8.86. The highest BCUT2D eigenvalue weighted by molar-refractivity contribution is 5.82. The van der Waals surface area contributed by atoms with Gasteiger partial charge in [0.05, 0.1) is 5.52 Å². The van der Waals surface area contributed by atoms with E-state index in [9.17, 15) is 5.11 Å². The molecule has 3 rings (SSSR count). The van der Waals surface area contributed by atoms with Gasteiger partial charge in [0.15, 0.2) is 0 Å². The number of aliphatic hydroxyl groups is 1. The zero-order valence-corrected chi connectivity index (χ0v) is 9.82. The largest absolute Gasteiger partial charge is 0.384 e. The van der Waals surface area contributed by atoms with Crippen LogP contribution in [-0.2, 0) is 0 Å². The molecule has 18 heavy (non-hydrogen) atoms. The normalized spacial score (nSPS) is 12.5. The van der Waals surface area contributed by atoms with Gasteiger partial charge in [-0.25, -0.2) is 0 Å². The van der Waals surface area contributed by atoms with Crippen molar-refractivity contribution in [3.63, 3.8) is 0 Å². The SMILES string of the molecule is OC(c1ccccc1)c1cccc2cccnc12. The molecule has 0 fully saturated rings. The second kappa shape index (κ2) is 4.59. The summed E-state index contributed by atoms with van der Waals surface area (Å²) in [7, 11) is 0. The maximum atomic E-state index is 10.4. The Bertz CT molecular complexity index is 659. The number of aliphatic hydroxyl groups excluding tert-OH is 1. The van der Waals surface area contributed by atoms with Gasteiger partial charge in [-0.1, -0.05) is 54.6 Å². The summed E-state index contributed by atoms with van der Waals surface area (Å²) in [5.41, 5.74) is 2.59. The van der Waals surface area contributed by atoms with E-state index in [2.05, 4.69) is 4.98 Å². The van der Waals surface area contributed by atoms with E-state index in [1.807, 2.05) is 60.7 Å². The number of aromatic nitrogens is 1. The molecule has 2 nitrogen and oxygen atoms in total. The van der Waals surface area contributed by atoms with E-state index >= 15 is 0 Å². The van der Waals surface area contributed by atoms with Crippen LogP contribution in [-0.4, -0.2) is 10.1 Å². The van der Waals surface area contributed by atoms with E-state index in [-0.39, 0.29) is 0 Å². The molecule has 3 aromatic rings. The number of para-hydroxylation sites is 1. The van der Waals surface area contributed by atoms with Crippen LogP contribution in [0.25, 0.3) is 10.9 Å². The molecule has 1 aromatic heterocycles. The lowest BCUT2D eigenvalue weighted by Gasteiger charge is -2.13. The van der Waals surface area contributed by atoms with Crippen LogP contribution in [0.1, 0.15) is 17.2 Å². The molecule has 0 aliphatic carbocycles. The van der Waals surface area contributed by atoms with Crippen molar-refractivity contribution in [1.82, 2.24) is 4.98 Å². The number of nitrogens with zero attached hydrogens (tertiary/aromatic N) is 1. The molecular formula is C16H13NO. The number of hydrogen-bond acceptors (Lipinski definition) is 2. The van der Waals surface area contributed by atoms with Gasteiger partial charge in [-0.05, 0) is 11.6 Å². The average molecular weight is 235 g/mol. The quantitative estimate of drug-likeness (QED) is 0.739. The monoisotopic (exact) mass is 235 g/mol. The average Bonchev–Trinajstić information content (AvgIpc) is 2.47. The summed E-state index contributed by atoms with van der Waals surface area (Å²) in [5.74, 6) is 0. The van der Waals surface area contributed by atoms with Gasteiger partial charge >= 0.3 is 0 Å². The van der Waals surface area contributed by atoms with Crippen molar-refractivity contribution in [1.29, 1.82) is 0 Å². The lowest BCUT2D eigenvalue weighted by molar-refractivity contribution is 0.221. The van der Waals surface area contributed by atoms with Gasteiger partial charge in [0.25, 0.3) is 0 Å². The highest BCUT2D eigenvalue weighted by atomic mass is 16.3. The van der Waals surface area contributed by atoms with Crippen molar-refractivity contribution in [2.24, 2.45) is 0 Å². The lowest BCUT2D eigenvalue weighted by Crippen LogP contribution is -2.01. The Morgan fingerprint density at radius 3 is 2.44 bits per heavy atom. The van der Waals surface area contributed by atoms with E-state index in [1.165, 1.54) is 0 Å². The topological polar surface area (TPSA) is 33.1 Å². The predicted molar refractivity (Wildman–Crippen MR) is 72.2 cm³/mol. The van der Waals surface area contributed by atoms with Gasteiger partial charge in [-0.3, -0.25) is 4.98 Å². The van der Waals surface area contributed by atoms with Gasteiger partial charge < -0.3 is 5.11 Å². The smallest absolute Gasteiger partial charge is 0.106 e. The number of rotatable bonds is 2. The first-order valence-corrected chi connectivity index (χ1v) is 5.93. The predicted octanol–water partition coefficient (Wildman–Crippen LogP) is 3.32. The molecule has 0 bridgehead atoms. The second-order valence-corrected chi connectivity index (χ2v) is 4.24. The van der Waals surface area contributed by atoms with Gasteiger partial charge in [0, 0.05) is 17.1 Å². The number of fused-ring (bicyclic) bond motifs is 1. The van der Waals surface area contributed by atoms with Gasteiger partial charge in [-0.2, -0.15) is 0 Å². The Balaban J connectivity index is 2.15. The molecule has 0 spiro atoms. The Morgan fingerprint density at radius 1 is 0.833 bits per heavy atom. The number of hydrogen-bond donors (Lipinski definition) is 1. The Labute approximate surface area is 106 Å². The fourth-order valence-corrected chi connectivity index (χ4v) is 2.16. The Kier molecular flexibility index (Phi) is 2.79. The van der Waals surface area contributed by atoms with Crippen LogP contribution >= 0.6 is 0 Å². The van der Waals surface area contributed by atoms with Crippen LogP contribution in [0.2, 0.25) is 0 Å². The standard InChI is InChI=1S/C16H13NO/c18-16(13-6-2-1-3-7-13)14-10-4-8-12-9-5-11-17-15(12)14/h1-11,16,18H. The molecular weight excluding hydrogens is 222 g/mol. The zero-order valence-electron chi connectivity index (χ0n) is 9.82. The maximum absolute atomic E-state index is 10.4. The fourth-order valence-electron chi connectivity index (χ4n) is 2.16. The van der Waals surface area contributed by atoms with E-state index in [4.69, 9.17) is 0 Å². The van der Waals surface area contributed by atoms with Crippen LogP contribution in [0.4, 0.5) is 0 Å². The van der Waals surface area contributed by atoms with Gasteiger partial charge in [0.1, 0.15) is 6.10 Å². The summed E-state index contributed by atoms with van der Waals surface area (Å²) in [6.07, 6.45) is 1.12. The Hall–Kier alpha value is -2.19. The molecule has 1 heterocycles. The second-order valence-electron chi connectivity index (χ2n) is 4.24. The first-order valence-electron chi connectivity index (χ1n) is 5.93. The van der Waals surface area contributed by atoms with Crippen molar-refractivity contribution >= 4 is 10.9 Å². The third-order valence-electron chi connectivity index (χ3n) is 3.07. The lowest BCUT2D eigenvalue weighted by atomic mass is 9.99. The summed E-state index contributed by atoms with van der Waals surface area (Å²) in [6, 6.07) is 19.4. The summed E-state index contributed by atoms with van der Waals surface area (Å²) >= 11 is 0. The molecule has 0 amide bonds. The summed E-state index contributed by atoms with van der Waals surface area (Å²) in [6.45, 7) is 0. The van der Waals surface area contributed by atoms with Crippen molar-refractivity contribution in [3.05, 3.63) is 78.0 Å². The molecule has 0 saturated carbocycles. The third-order valence-corrected chi connectivity index (χ3v) is 3.07. The maximum Gasteiger partial charge on any atom is 0.106 e. The minimum Gasteiger partial charge on any atom is -0.384 e. The third kappa shape index (κ3) is 1.87. The molecule has 0 saturated heterocycles. The molecule has 2 heteroatoms. The van der Waals surface area contributed by atoms with E-state index in [0.717, 1.165) is 22.0 Å². The van der Waals surface area contributed by atoms with Crippen molar-refractivity contribution in [2.75, 3.05) is 0 Å². The van der Waals surface area contributed by atoms with E-state index in [1.54, 1.807) is 6.20 Å². The van der Waals surface area contributed by atoms with E-state index < -0.39 is 6.10 Å². The first kappa shape index (κ1) is 10.9. The molecule has 1 N–H and O–H groups in total. The molecule has 1 atom stereocenters. The number of benzene rings is 2. The highest BCUT2D eigenvalue weighted by Gasteiger charge is 2.13. The van der Waals surface area contributed by atoms with Gasteiger partial charge in [-0.15, -0.1) is 0 Å². The summed E-state index contributed by atoms with van der Waals surface area (Å²) < 4.78 is 0. The van der Waals surface area contributed by atoms with Gasteiger partial charge in [0.2, 0.25) is 0 Å². The summed E-state index contributed by atoms with van der Waals surface area (Å²) in [5, 5.41) is 11.5. The van der Waals surface area contributed by atoms with Crippen LogP contribution < -0.4 is 0 Å². The Morgan fingerprint density at radius 2 is 1.61 bits per heavy atom. The van der Waals surface area contributed by atoms with Crippen LogP contribution in [0, 0.1) is 0 Å². The molecule has 88 valence electrons. The molecule has 1 unspecified atom stereocenters. The minimum atomic E-state index is -0.634. The molecule has 0 radical (unpaired) electrons. The van der Waals surface area contributed by atoms with Crippen LogP contribution in [0.3, 0.4) is 0 Å². The summed E-state index contributed by atoms with van der Waals surface area (Å²) in [4.78, 5) is 4.37. The molecule has 0 aliphatic heterocycles. The zero-order chi connectivity index (χ0) is 12.4. The number of pyridine rings is 1. The van der Waals surface area contributed by atoms with Crippen molar-refractivity contribution in [2.45, 2.75) is 6.10 Å². The van der Waals surface area contributed by atoms with Crippen LogP contribution in [0.15, 0.2) is 66.9 Å². The van der Waals surface area contributed by atoms with Crippen molar-refractivity contribution in [3.8, 4) is 0 Å². The van der Waals surface area contributed by atoms with E-state index in [0.29, 0.717) is 0 Å². The highest BCUT2D eigenvalue weighted by Crippen LogP contribution is 2.27. The molecule has 0 aliphatic rings. The molecule has 2 aromatic carbocycles. The fraction of sp³-hybridized carbons (Fsp3) is 0.0625. The van der Waals surface area contributed by atoms with Crippen LogP contribution in [0.5, 0.6) is 0 Å². The minimum absolute atomic E-state index is 0.634. The van der Waals surface area contributed by atoms with Crippen molar-refractivity contribution < 1.29 is 5.11 Å².